The van der Waals surface area contributed by atoms with Gasteiger partial charge in [-0.3, -0.25) is 4.79 Å². The first-order chi connectivity index (χ1) is 12.1. The van der Waals surface area contributed by atoms with E-state index in [0.717, 1.165) is 21.6 Å². The number of carbonyl (C=O) groups excluding carboxylic acids is 1. The molecule has 5 rings (SSSR count). The highest BCUT2D eigenvalue weighted by Gasteiger charge is 2.52. The third-order valence-corrected chi connectivity index (χ3v) is 6.33. The SMILES string of the molecule is O=C1SC2(c3ccc(O)cc3Oc3cc(S)ccc32)c2ccccc21. The van der Waals surface area contributed by atoms with Gasteiger partial charge in [-0.2, -0.15) is 0 Å². The van der Waals surface area contributed by atoms with E-state index in [1.165, 1.54) is 11.8 Å². The van der Waals surface area contributed by atoms with E-state index >= 15 is 0 Å². The molecule has 0 radical (unpaired) electrons. The number of benzene rings is 3. The molecular weight excluding hydrogens is 352 g/mol. The summed E-state index contributed by atoms with van der Waals surface area (Å²) in [7, 11) is 0. The number of rotatable bonds is 0. The number of aromatic hydroxyl groups is 1. The number of phenolic OH excluding ortho intramolecular Hbond substituents is 1. The minimum absolute atomic E-state index is 0.0393. The predicted molar refractivity (Wildman–Crippen MR) is 100 cm³/mol. The number of hydrogen-bond acceptors (Lipinski definition) is 5. The number of hydrogen-bond donors (Lipinski definition) is 2. The zero-order valence-corrected chi connectivity index (χ0v) is 14.6. The molecule has 2 heterocycles. The van der Waals surface area contributed by atoms with Crippen LogP contribution in [0, 0.1) is 0 Å². The van der Waals surface area contributed by atoms with Crippen molar-refractivity contribution in [3.8, 4) is 17.2 Å². The fourth-order valence-corrected chi connectivity index (χ4v) is 5.26. The Morgan fingerprint density at radius 2 is 1.64 bits per heavy atom. The molecular formula is C20H12O3S2. The first-order valence-electron chi connectivity index (χ1n) is 7.77. The van der Waals surface area contributed by atoms with E-state index in [1.807, 2.05) is 48.5 Å². The topological polar surface area (TPSA) is 46.5 Å². The maximum Gasteiger partial charge on any atom is 0.221 e. The average molecular weight is 364 g/mol. The number of thiol groups is 1. The quantitative estimate of drug-likeness (QED) is 0.553. The van der Waals surface area contributed by atoms with E-state index in [0.29, 0.717) is 17.1 Å². The monoisotopic (exact) mass is 364 g/mol. The van der Waals surface area contributed by atoms with Gasteiger partial charge >= 0.3 is 0 Å². The van der Waals surface area contributed by atoms with E-state index in [-0.39, 0.29) is 10.9 Å². The van der Waals surface area contributed by atoms with Crippen LogP contribution in [0.25, 0.3) is 0 Å². The number of ether oxygens (including phenoxy) is 1. The Kier molecular flexibility index (Phi) is 3.03. The first kappa shape index (κ1) is 14.9. The molecule has 1 unspecified atom stereocenters. The predicted octanol–water partition coefficient (Wildman–Crippen LogP) is 4.97. The number of thioether (sulfide) groups is 1. The molecule has 5 heteroatoms. The maximum atomic E-state index is 12.8. The Hall–Kier alpha value is -2.37. The fourth-order valence-electron chi connectivity index (χ4n) is 3.65. The molecule has 1 N–H and O–H groups in total. The molecule has 0 aliphatic carbocycles. The Labute approximate surface area is 154 Å². The minimum atomic E-state index is -0.675. The van der Waals surface area contributed by atoms with Crippen molar-refractivity contribution in [2.75, 3.05) is 0 Å². The van der Waals surface area contributed by atoms with Crippen molar-refractivity contribution in [1.82, 2.24) is 0 Å². The van der Waals surface area contributed by atoms with E-state index < -0.39 is 4.75 Å². The van der Waals surface area contributed by atoms with Crippen molar-refractivity contribution in [2.24, 2.45) is 0 Å². The number of carbonyl (C=O) groups is 1. The van der Waals surface area contributed by atoms with Gasteiger partial charge < -0.3 is 9.84 Å². The molecule has 0 bridgehead atoms. The van der Waals surface area contributed by atoms with Crippen LogP contribution >= 0.6 is 24.4 Å². The van der Waals surface area contributed by atoms with Crippen molar-refractivity contribution in [3.05, 3.63) is 82.9 Å². The summed E-state index contributed by atoms with van der Waals surface area (Å²) in [6.07, 6.45) is 0. The van der Waals surface area contributed by atoms with Gasteiger partial charge in [0.25, 0.3) is 0 Å². The largest absolute Gasteiger partial charge is 0.508 e. The van der Waals surface area contributed by atoms with Gasteiger partial charge in [-0.05, 0) is 29.8 Å². The lowest BCUT2D eigenvalue weighted by Crippen LogP contribution is -2.27. The molecule has 122 valence electrons. The maximum absolute atomic E-state index is 12.8. The van der Waals surface area contributed by atoms with Gasteiger partial charge in [0.1, 0.15) is 22.0 Å². The molecule has 3 nitrogen and oxygen atoms in total. The van der Waals surface area contributed by atoms with Crippen LogP contribution in [-0.4, -0.2) is 10.2 Å². The van der Waals surface area contributed by atoms with E-state index in [2.05, 4.69) is 12.6 Å². The first-order valence-corrected chi connectivity index (χ1v) is 9.03. The highest BCUT2D eigenvalue weighted by Crippen LogP contribution is 2.62. The van der Waals surface area contributed by atoms with Crippen LogP contribution in [0.15, 0.2) is 65.6 Å². The Morgan fingerprint density at radius 1 is 0.920 bits per heavy atom. The lowest BCUT2D eigenvalue weighted by Gasteiger charge is -2.36. The molecule has 0 saturated heterocycles. The van der Waals surface area contributed by atoms with Crippen molar-refractivity contribution in [3.63, 3.8) is 0 Å². The van der Waals surface area contributed by atoms with E-state index in [4.69, 9.17) is 4.74 Å². The molecule has 0 amide bonds. The number of phenols is 1. The van der Waals surface area contributed by atoms with Gasteiger partial charge in [-0.25, -0.2) is 0 Å². The van der Waals surface area contributed by atoms with Crippen LogP contribution in [0.2, 0.25) is 0 Å². The van der Waals surface area contributed by atoms with Crippen LogP contribution in [-0.2, 0) is 4.75 Å². The zero-order valence-electron chi connectivity index (χ0n) is 12.9. The summed E-state index contributed by atoms with van der Waals surface area (Å²) < 4.78 is 5.37. The Bertz CT molecular complexity index is 1010. The van der Waals surface area contributed by atoms with Crippen molar-refractivity contribution in [2.45, 2.75) is 9.64 Å². The van der Waals surface area contributed by atoms with Crippen molar-refractivity contribution >= 4 is 29.5 Å². The van der Waals surface area contributed by atoms with Gasteiger partial charge in [0.05, 0.1) is 0 Å². The molecule has 2 aliphatic heterocycles. The smallest absolute Gasteiger partial charge is 0.221 e. The van der Waals surface area contributed by atoms with E-state index in [9.17, 15) is 9.90 Å². The third-order valence-electron chi connectivity index (χ3n) is 4.68. The van der Waals surface area contributed by atoms with Crippen molar-refractivity contribution in [1.29, 1.82) is 0 Å². The molecule has 0 fully saturated rings. The highest BCUT2D eigenvalue weighted by atomic mass is 32.2. The average Bonchev–Trinajstić information content (AvgIpc) is 2.88. The molecule has 1 atom stereocenters. The molecule has 0 aromatic heterocycles. The van der Waals surface area contributed by atoms with Crippen LogP contribution in [0.4, 0.5) is 0 Å². The summed E-state index contributed by atoms with van der Waals surface area (Å²) in [6, 6.07) is 18.5. The lowest BCUT2D eigenvalue weighted by atomic mass is 9.80. The van der Waals surface area contributed by atoms with Gasteiger partial charge in [-0.15, -0.1) is 12.6 Å². The lowest BCUT2D eigenvalue weighted by molar-refractivity contribution is 0.109. The summed E-state index contributed by atoms with van der Waals surface area (Å²) in [6.45, 7) is 0. The second kappa shape index (κ2) is 5.07. The van der Waals surface area contributed by atoms with Gasteiger partial charge in [0, 0.05) is 27.7 Å². The van der Waals surface area contributed by atoms with Gasteiger partial charge in [0.15, 0.2) is 0 Å². The molecule has 25 heavy (non-hydrogen) atoms. The normalized spacial score (nSPS) is 20.0. The van der Waals surface area contributed by atoms with Gasteiger partial charge in [0.2, 0.25) is 5.12 Å². The zero-order chi connectivity index (χ0) is 17.2. The van der Waals surface area contributed by atoms with Crippen LogP contribution < -0.4 is 4.74 Å². The molecule has 2 aliphatic rings. The fraction of sp³-hybridized carbons (Fsp3) is 0.0500. The van der Waals surface area contributed by atoms with E-state index in [1.54, 1.807) is 12.1 Å². The highest BCUT2D eigenvalue weighted by molar-refractivity contribution is 8.15. The summed E-state index contributed by atoms with van der Waals surface area (Å²) >= 11 is 5.70. The molecule has 0 saturated carbocycles. The molecule has 3 aromatic carbocycles. The Balaban J connectivity index is 1.91. The summed E-state index contributed by atoms with van der Waals surface area (Å²) in [5.41, 5.74) is 3.46. The standard InChI is InChI=1S/C20H12O3S2/c21-11-5-7-15-17(9-11)23-18-10-12(24)6-8-16(18)20(15)14-4-2-1-3-13(14)19(22)25-20/h1-10,21,24H. The third kappa shape index (κ3) is 1.94. The minimum Gasteiger partial charge on any atom is -0.508 e. The van der Waals surface area contributed by atoms with Crippen LogP contribution in [0.3, 0.4) is 0 Å². The van der Waals surface area contributed by atoms with Crippen molar-refractivity contribution < 1.29 is 14.6 Å². The molecule has 3 aromatic rings. The summed E-state index contributed by atoms with van der Waals surface area (Å²) in [5, 5.41) is 9.94. The van der Waals surface area contributed by atoms with Crippen LogP contribution in [0.1, 0.15) is 27.0 Å². The second-order valence-corrected chi connectivity index (χ2v) is 7.78. The Morgan fingerprint density at radius 3 is 2.48 bits per heavy atom. The second-order valence-electron chi connectivity index (χ2n) is 6.08. The van der Waals surface area contributed by atoms with Gasteiger partial charge in [-0.1, -0.05) is 42.1 Å². The summed E-state index contributed by atoms with van der Waals surface area (Å²) in [5.74, 6) is 1.34. The molecule has 1 spiro atoms. The van der Waals surface area contributed by atoms with Crippen LogP contribution in [0.5, 0.6) is 17.2 Å². The summed E-state index contributed by atoms with van der Waals surface area (Å²) in [4.78, 5) is 13.5. The number of fused-ring (bicyclic) bond motifs is 6.